The second-order valence-electron chi connectivity index (χ2n) is 11.3. The van der Waals surface area contributed by atoms with Gasteiger partial charge in [-0.05, 0) is 25.2 Å². The number of fused-ring (bicyclic) bond motifs is 2. The van der Waals surface area contributed by atoms with E-state index in [9.17, 15) is 40.2 Å². The lowest BCUT2D eigenvalue weighted by molar-refractivity contribution is -0.289. The Bertz CT molecular complexity index is 1010. The molecule has 3 heterocycles. The first-order valence-electron chi connectivity index (χ1n) is 13.3. The van der Waals surface area contributed by atoms with Crippen molar-refractivity contribution in [1.82, 2.24) is 0 Å². The SMILES string of the molecule is CC1CCC2C(C(=O)OC3CC4C(C(=O)OC5C(CO)OC(O)C(O)C5O)=COC(O)C4C3C)=COC(O)C12. The molecule has 6 N–H and O–H groups in total. The molecule has 218 valence electrons. The van der Waals surface area contributed by atoms with Crippen molar-refractivity contribution in [1.29, 1.82) is 0 Å². The maximum Gasteiger partial charge on any atom is 0.337 e. The predicted molar refractivity (Wildman–Crippen MR) is 126 cm³/mol. The number of carbonyl (C=O) groups excluding carboxylic acids is 2. The highest BCUT2D eigenvalue weighted by Gasteiger charge is 2.54. The van der Waals surface area contributed by atoms with Crippen LogP contribution in [0.15, 0.2) is 23.7 Å². The van der Waals surface area contributed by atoms with Gasteiger partial charge in [-0.2, -0.15) is 0 Å². The maximum atomic E-state index is 13.2. The Balaban J connectivity index is 1.29. The van der Waals surface area contributed by atoms with Gasteiger partial charge in [0.2, 0.25) is 0 Å². The van der Waals surface area contributed by atoms with Crippen LogP contribution >= 0.6 is 0 Å². The van der Waals surface area contributed by atoms with Crippen LogP contribution in [0.4, 0.5) is 0 Å². The van der Waals surface area contributed by atoms with E-state index < -0.39 is 85.7 Å². The third-order valence-corrected chi connectivity index (χ3v) is 9.14. The lowest BCUT2D eigenvalue weighted by Crippen LogP contribution is -2.60. The monoisotopic (exact) mass is 556 g/mol. The third-order valence-electron chi connectivity index (χ3n) is 9.14. The fraction of sp³-hybridized carbons (Fsp3) is 0.769. The summed E-state index contributed by atoms with van der Waals surface area (Å²) in [5, 5.41) is 60.3. The number of rotatable bonds is 5. The van der Waals surface area contributed by atoms with E-state index in [2.05, 4.69) is 0 Å². The van der Waals surface area contributed by atoms with Crippen molar-refractivity contribution in [2.24, 2.45) is 35.5 Å². The third kappa shape index (κ3) is 4.94. The van der Waals surface area contributed by atoms with Gasteiger partial charge in [-0.25, -0.2) is 9.59 Å². The Hall–Kier alpha value is -2.26. The molecule has 39 heavy (non-hydrogen) atoms. The smallest absolute Gasteiger partial charge is 0.337 e. The van der Waals surface area contributed by atoms with Crippen molar-refractivity contribution in [2.45, 2.75) is 82.5 Å². The molecule has 5 aliphatic rings. The first-order chi connectivity index (χ1) is 18.5. The number of aliphatic hydroxyl groups is 6. The van der Waals surface area contributed by atoms with E-state index in [4.69, 9.17) is 23.7 Å². The highest BCUT2D eigenvalue weighted by Crippen LogP contribution is 2.49. The van der Waals surface area contributed by atoms with Crippen molar-refractivity contribution >= 4 is 11.9 Å². The molecule has 14 atom stereocenters. The first kappa shape index (κ1) is 28.3. The highest BCUT2D eigenvalue weighted by atomic mass is 16.7. The van der Waals surface area contributed by atoms with Gasteiger partial charge < -0.3 is 54.3 Å². The molecule has 2 aliphatic carbocycles. The summed E-state index contributed by atoms with van der Waals surface area (Å²) in [6, 6.07) is 0. The topological polar surface area (TPSA) is 202 Å². The molecule has 0 bridgehead atoms. The van der Waals surface area contributed by atoms with E-state index in [1.165, 1.54) is 6.26 Å². The van der Waals surface area contributed by atoms with Gasteiger partial charge in [0.05, 0.1) is 30.3 Å². The Labute approximate surface area is 224 Å². The van der Waals surface area contributed by atoms with Gasteiger partial charge in [0.1, 0.15) is 24.4 Å². The van der Waals surface area contributed by atoms with Gasteiger partial charge in [-0.1, -0.05) is 13.8 Å². The predicted octanol–water partition coefficient (Wildman–Crippen LogP) is -1.36. The van der Waals surface area contributed by atoms with E-state index in [-0.39, 0.29) is 29.7 Å². The van der Waals surface area contributed by atoms with Gasteiger partial charge >= 0.3 is 11.9 Å². The highest BCUT2D eigenvalue weighted by molar-refractivity contribution is 5.90. The molecule has 5 rings (SSSR count). The van der Waals surface area contributed by atoms with Crippen LogP contribution in [-0.4, -0.2) is 98.6 Å². The van der Waals surface area contributed by atoms with E-state index >= 15 is 0 Å². The molecule has 13 heteroatoms. The summed E-state index contributed by atoms with van der Waals surface area (Å²) in [4.78, 5) is 26.4. The van der Waals surface area contributed by atoms with Crippen LogP contribution in [-0.2, 0) is 33.3 Å². The minimum atomic E-state index is -1.77. The summed E-state index contributed by atoms with van der Waals surface area (Å²) >= 11 is 0. The summed E-state index contributed by atoms with van der Waals surface area (Å²) in [6.07, 6.45) is -6.93. The summed E-state index contributed by atoms with van der Waals surface area (Å²) in [5.74, 6) is -3.39. The fourth-order valence-corrected chi connectivity index (χ4v) is 6.90. The number of hydrogen-bond donors (Lipinski definition) is 6. The number of hydrogen-bond acceptors (Lipinski definition) is 13. The van der Waals surface area contributed by atoms with Crippen molar-refractivity contribution in [3.05, 3.63) is 23.7 Å². The Morgan fingerprint density at radius 3 is 2.13 bits per heavy atom. The molecule has 0 amide bonds. The second-order valence-corrected chi connectivity index (χ2v) is 11.3. The molecule has 3 fully saturated rings. The number of ether oxygens (including phenoxy) is 5. The van der Waals surface area contributed by atoms with Crippen LogP contribution in [0.1, 0.15) is 33.1 Å². The summed E-state index contributed by atoms with van der Waals surface area (Å²) in [5.41, 5.74) is 0.374. The second kappa shape index (κ2) is 11.0. The molecule has 3 aliphatic heterocycles. The van der Waals surface area contributed by atoms with Gasteiger partial charge in [-0.3, -0.25) is 0 Å². The van der Waals surface area contributed by atoms with E-state index in [0.717, 1.165) is 19.1 Å². The van der Waals surface area contributed by atoms with Crippen molar-refractivity contribution in [3.8, 4) is 0 Å². The molecule has 0 spiro atoms. The molecule has 2 saturated carbocycles. The zero-order valence-corrected chi connectivity index (χ0v) is 21.6. The Kier molecular flexibility index (Phi) is 7.94. The van der Waals surface area contributed by atoms with Crippen LogP contribution in [0.5, 0.6) is 0 Å². The fourth-order valence-electron chi connectivity index (χ4n) is 6.90. The van der Waals surface area contributed by atoms with Gasteiger partial charge in [0.15, 0.2) is 25.0 Å². The average molecular weight is 557 g/mol. The van der Waals surface area contributed by atoms with E-state index in [0.29, 0.717) is 5.57 Å². The minimum absolute atomic E-state index is 0.0215. The molecule has 14 unspecified atom stereocenters. The summed E-state index contributed by atoms with van der Waals surface area (Å²) < 4.78 is 27.0. The zero-order valence-electron chi connectivity index (χ0n) is 21.6. The number of aliphatic hydroxyl groups excluding tert-OH is 6. The molecule has 0 aromatic rings. The van der Waals surface area contributed by atoms with Gasteiger partial charge in [0, 0.05) is 29.6 Å². The lowest BCUT2D eigenvalue weighted by atomic mass is 9.83. The van der Waals surface area contributed by atoms with Crippen LogP contribution < -0.4 is 0 Å². The number of carbonyl (C=O) groups is 2. The maximum absolute atomic E-state index is 13.2. The molecular formula is C26H36O13. The van der Waals surface area contributed by atoms with Gasteiger partial charge in [-0.15, -0.1) is 0 Å². The summed E-state index contributed by atoms with van der Waals surface area (Å²) in [6.45, 7) is 3.08. The molecule has 0 aromatic carbocycles. The molecule has 13 nitrogen and oxygen atoms in total. The normalized spacial score (nSPS) is 47.1. The van der Waals surface area contributed by atoms with Gasteiger partial charge in [0.25, 0.3) is 0 Å². The van der Waals surface area contributed by atoms with Crippen LogP contribution in [0.2, 0.25) is 0 Å². The molecule has 1 saturated heterocycles. The zero-order chi connectivity index (χ0) is 28.2. The molecular weight excluding hydrogens is 520 g/mol. The van der Waals surface area contributed by atoms with Crippen LogP contribution in [0, 0.1) is 35.5 Å². The van der Waals surface area contributed by atoms with Crippen LogP contribution in [0.25, 0.3) is 0 Å². The van der Waals surface area contributed by atoms with E-state index in [1.54, 1.807) is 6.92 Å². The largest absolute Gasteiger partial charge is 0.472 e. The standard InChI is InChI=1S/C26H36O13/c1-9-3-4-11-13(7-35-24(32)17(9)11)22(30)37-15-5-12-14(8-36-25(33)18(12)10(15)2)23(31)39-21-16(6-27)38-26(34)20(29)19(21)28/h7-12,15-21,24-29,32-34H,3-6H2,1-2H3. The Morgan fingerprint density at radius 1 is 0.846 bits per heavy atom. The summed E-state index contributed by atoms with van der Waals surface area (Å²) in [7, 11) is 0. The first-order valence-corrected chi connectivity index (χ1v) is 13.3. The molecule has 0 aromatic heterocycles. The van der Waals surface area contributed by atoms with Crippen molar-refractivity contribution in [2.75, 3.05) is 6.61 Å². The van der Waals surface area contributed by atoms with Crippen LogP contribution in [0.3, 0.4) is 0 Å². The lowest BCUT2D eigenvalue weighted by Gasteiger charge is -2.40. The Morgan fingerprint density at radius 2 is 1.46 bits per heavy atom. The molecule has 0 radical (unpaired) electrons. The number of esters is 2. The minimum Gasteiger partial charge on any atom is -0.472 e. The van der Waals surface area contributed by atoms with Crippen molar-refractivity contribution < 1.29 is 63.9 Å². The quantitative estimate of drug-likeness (QED) is 0.217. The van der Waals surface area contributed by atoms with E-state index in [1.807, 2.05) is 6.92 Å². The average Bonchev–Trinajstić information content (AvgIpc) is 3.45. The van der Waals surface area contributed by atoms with Crippen molar-refractivity contribution in [3.63, 3.8) is 0 Å².